The van der Waals surface area contributed by atoms with Gasteiger partial charge in [-0.3, -0.25) is 0 Å². The molecule has 0 radical (unpaired) electrons. The average molecular weight is 252 g/mol. The highest BCUT2D eigenvalue weighted by Crippen LogP contribution is 2.16. The second-order valence-corrected chi connectivity index (χ2v) is 4.39. The van der Waals surface area contributed by atoms with Gasteiger partial charge >= 0.3 is 5.97 Å². The van der Waals surface area contributed by atoms with E-state index in [9.17, 15) is 4.79 Å². The molecule has 0 aliphatic heterocycles. The molecule has 1 aromatic heterocycles. The number of carboxylic acid groups (broad SMARTS) is 1. The minimum absolute atomic E-state index is 0.202. The van der Waals surface area contributed by atoms with Gasteiger partial charge in [0.25, 0.3) is 0 Å². The largest absolute Gasteiger partial charge is 0.477 e. The maximum atomic E-state index is 11.0. The van der Waals surface area contributed by atoms with Gasteiger partial charge in [0.2, 0.25) is 0 Å². The Morgan fingerprint density at radius 1 is 1.16 bits per heavy atom. The van der Waals surface area contributed by atoms with Crippen LogP contribution in [0.1, 0.15) is 16.1 Å². The molecule has 0 bridgehead atoms. The number of carbonyl (C=O) groups is 1. The zero-order chi connectivity index (χ0) is 13.2. The third-order valence-corrected chi connectivity index (χ3v) is 3.10. The van der Waals surface area contributed by atoms with E-state index < -0.39 is 5.97 Å². The molecule has 19 heavy (non-hydrogen) atoms. The van der Waals surface area contributed by atoms with E-state index in [1.807, 2.05) is 30.3 Å². The van der Waals surface area contributed by atoms with Crippen molar-refractivity contribution < 1.29 is 9.90 Å². The Kier molecular flexibility index (Phi) is 2.76. The molecule has 0 saturated carbocycles. The van der Waals surface area contributed by atoms with Crippen molar-refractivity contribution in [1.29, 1.82) is 0 Å². The SMILES string of the molecule is O=C(O)c1cncn1Cc1ccc2ccccc2c1. The molecular weight excluding hydrogens is 240 g/mol. The second kappa shape index (κ2) is 4.57. The van der Waals surface area contributed by atoms with Crippen molar-refractivity contribution in [2.75, 3.05) is 0 Å². The number of aromatic carboxylic acids is 1. The molecule has 1 heterocycles. The molecule has 0 atom stereocenters. The van der Waals surface area contributed by atoms with Crippen LogP contribution in [0.2, 0.25) is 0 Å². The van der Waals surface area contributed by atoms with Crippen LogP contribution in [0.5, 0.6) is 0 Å². The van der Waals surface area contributed by atoms with Crippen LogP contribution in [0.4, 0.5) is 0 Å². The van der Waals surface area contributed by atoms with Crippen molar-refractivity contribution in [2.45, 2.75) is 6.54 Å². The summed E-state index contributed by atoms with van der Waals surface area (Å²) in [5.74, 6) is -0.960. The number of benzene rings is 2. The fraction of sp³-hybridized carbons (Fsp3) is 0.0667. The van der Waals surface area contributed by atoms with Crippen molar-refractivity contribution in [2.24, 2.45) is 0 Å². The number of hydrogen-bond acceptors (Lipinski definition) is 2. The summed E-state index contributed by atoms with van der Waals surface area (Å²) in [5, 5.41) is 11.4. The minimum Gasteiger partial charge on any atom is -0.477 e. The Labute approximate surface area is 109 Å². The van der Waals surface area contributed by atoms with Gasteiger partial charge in [-0.05, 0) is 22.4 Å². The first-order valence-electron chi connectivity index (χ1n) is 5.95. The number of hydrogen-bond donors (Lipinski definition) is 1. The maximum Gasteiger partial charge on any atom is 0.354 e. The predicted molar refractivity (Wildman–Crippen MR) is 72.2 cm³/mol. The average Bonchev–Trinajstić information content (AvgIpc) is 2.87. The van der Waals surface area contributed by atoms with Gasteiger partial charge in [-0.25, -0.2) is 9.78 Å². The third kappa shape index (κ3) is 2.20. The summed E-state index contributed by atoms with van der Waals surface area (Å²) in [4.78, 5) is 14.9. The van der Waals surface area contributed by atoms with E-state index in [1.54, 1.807) is 10.9 Å². The summed E-state index contributed by atoms with van der Waals surface area (Å²) < 4.78 is 1.63. The summed E-state index contributed by atoms with van der Waals surface area (Å²) in [6.07, 6.45) is 2.90. The molecular formula is C15H12N2O2. The van der Waals surface area contributed by atoms with Crippen molar-refractivity contribution in [3.8, 4) is 0 Å². The Bertz CT molecular complexity index is 746. The van der Waals surface area contributed by atoms with E-state index in [2.05, 4.69) is 17.1 Å². The first-order valence-corrected chi connectivity index (χ1v) is 5.95. The zero-order valence-corrected chi connectivity index (χ0v) is 10.2. The summed E-state index contributed by atoms with van der Waals surface area (Å²) in [6.45, 7) is 0.506. The molecule has 1 N–H and O–H groups in total. The lowest BCUT2D eigenvalue weighted by molar-refractivity contribution is 0.0685. The van der Waals surface area contributed by atoms with Crippen LogP contribution in [0.15, 0.2) is 55.0 Å². The fourth-order valence-corrected chi connectivity index (χ4v) is 2.16. The van der Waals surface area contributed by atoms with Crippen LogP contribution >= 0.6 is 0 Å². The van der Waals surface area contributed by atoms with Crippen LogP contribution in [-0.4, -0.2) is 20.6 Å². The normalized spacial score (nSPS) is 10.7. The summed E-state index contributed by atoms with van der Waals surface area (Å²) in [6, 6.07) is 14.2. The molecule has 94 valence electrons. The lowest BCUT2D eigenvalue weighted by Gasteiger charge is -2.06. The van der Waals surface area contributed by atoms with E-state index in [1.165, 1.54) is 11.6 Å². The lowest BCUT2D eigenvalue weighted by atomic mass is 10.1. The van der Waals surface area contributed by atoms with Crippen LogP contribution in [0.3, 0.4) is 0 Å². The van der Waals surface area contributed by atoms with Gasteiger partial charge in [0, 0.05) is 6.54 Å². The van der Waals surface area contributed by atoms with Gasteiger partial charge in [0.05, 0.1) is 12.5 Å². The Hall–Kier alpha value is -2.62. The first-order chi connectivity index (χ1) is 9.24. The molecule has 0 unspecified atom stereocenters. The van der Waals surface area contributed by atoms with Gasteiger partial charge in [-0.1, -0.05) is 36.4 Å². The van der Waals surface area contributed by atoms with Crippen LogP contribution in [0.25, 0.3) is 10.8 Å². The molecule has 3 rings (SSSR count). The number of nitrogens with zero attached hydrogens (tertiary/aromatic N) is 2. The number of fused-ring (bicyclic) bond motifs is 1. The predicted octanol–water partition coefficient (Wildman–Crippen LogP) is 2.78. The Morgan fingerprint density at radius 3 is 2.74 bits per heavy atom. The van der Waals surface area contributed by atoms with Gasteiger partial charge in [0.15, 0.2) is 0 Å². The first kappa shape index (κ1) is 11.5. The highest BCUT2D eigenvalue weighted by atomic mass is 16.4. The summed E-state index contributed by atoms with van der Waals surface area (Å²) in [5.41, 5.74) is 1.26. The Morgan fingerprint density at radius 2 is 1.95 bits per heavy atom. The maximum absolute atomic E-state index is 11.0. The van der Waals surface area contributed by atoms with E-state index in [0.29, 0.717) is 6.54 Å². The summed E-state index contributed by atoms with van der Waals surface area (Å²) >= 11 is 0. The molecule has 3 aromatic rings. The van der Waals surface area contributed by atoms with Gasteiger partial charge in [0.1, 0.15) is 5.69 Å². The topological polar surface area (TPSA) is 55.1 Å². The monoisotopic (exact) mass is 252 g/mol. The molecule has 0 fully saturated rings. The van der Waals surface area contributed by atoms with E-state index in [-0.39, 0.29) is 5.69 Å². The van der Waals surface area contributed by atoms with Gasteiger partial charge < -0.3 is 9.67 Å². The van der Waals surface area contributed by atoms with Crippen LogP contribution < -0.4 is 0 Å². The second-order valence-electron chi connectivity index (χ2n) is 4.39. The molecule has 2 aromatic carbocycles. The number of rotatable bonds is 3. The highest BCUT2D eigenvalue weighted by molar-refractivity contribution is 5.85. The van der Waals surface area contributed by atoms with E-state index >= 15 is 0 Å². The Balaban J connectivity index is 1.97. The van der Waals surface area contributed by atoms with Crippen molar-refractivity contribution in [3.05, 3.63) is 66.2 Å². The van der Waals surface area contributed by atoms with Crippen molar-refractivity contribution in [1.82, 2.24) is 9.55 Å². The molecule has 0 aliphatic carbocycles. The smallest absolute Gasteiger partial charge is 0.354 e. The number of aromatic nitrogens is 2. The van der Waals surface area contributed by atoms with E-state index in [0.717, 1.165) is 10.9 Å². The van der Waals surface area contributed by atoms with Crippen molar-refractivity contribution in [3.63, 3.8) is 0 Å². The molecule has 0 spiro atoms. The lowest BCUT2D eigenvalue weighted by Crippen LogP contribution is -2.08. The number of carboxylic acids is 1. The zero-order valence-electron chi connectivity index (χ0n) is 10.2. The van der Waals surface area contributed by atoms with Crippen molar-refractivity contribution >= 4 is 16.7 Å². The quantitative estimate of drug-likeness (QED) is 0.779. The number of imidazole rings is 1. The molecule has 0 amide bonds. The fourth-order valence-electron chi connectivity index (χ4n) is 2.16. The molecule has 4 heteroatoms. The van der Waals surface area contributed by atoms with E-state index in [4.69, 9.17) is 5.11 Å². The van der Waals surface area contributed by atoms with Crippen LogP contribution in [0, 0.1) is 0 Å². The van der Waals surface area contributed by atoms with Gasteiger partial charge in [-0.2, -0.15) is 0 Å². The molecule has 0 saturated heterocycles. The minimum atomic E-state index is -0.960. The highest BCUT2D eigenvalue weighted by Gasteiger charge is 2.09. The molecule has 0 aliphatic rings. The standard InChI is InChI=1S/C15H12N2O2/c18-15(19)14-8-16-10-17(14)9-11-5-6-12-3-1-2-4-13(12)7-11/h1-8,10H,9H2,(H,18,19). The molecule has 4 nitrogen and oxygen atoms in total. The summed E-state index contributed by atoms with van der Waals surface area (Å²) in [7, 11) is 0. The third-order valence-electron chi connectivity index (χ3n) is 3.10. The van der Waals surface area contributed by atoms with Crippen LogP contribution in [-0.2, 0) is 6.54 Å². The van der Waals surface area contributed by atoms with Gasteiger partial charge in [-0.15, -0.1) is 0 Å².